The number of benzene rings is 1. The first-order valence-corrected chi connectivity index (χ1v) is 6.46. The van der Waals surface area contributed by atoms with E-state index >= 15 is 0 Å². The van der Waals surface area contributed by atoms with E-state index in [2.05, 4.69) is 0 Å². The summed E-state index contributed by atoms with van der Waals surface area (Å²) in [5.41, 5.74) is -0.299. The van der Waals surface area contributed by atoms with Gasteiger partial charge in [0.1, 0.15) is 5.54 Å². The van der Waals surface area contributed by atoms with E-state index in [0.29, 0.717) is 6.54 Å². The second-order valence-electron chi connectivity index (χ2n) is 5.18. The summed E-state index contributed by atoms with van der Waals surface area (Å²) < 4.78 is 0. The molecule has 1 aromatic carbocycles. The van der Waals surface area contributed by atoms with Crippen LogP contribution in [0.3, 0.4) is 0 Å². The fourth-order valence-electron chi connectivity index (χ4n) is 2.35. The number of likely N-dealkylation sites (N-methyl/N-ethyl adjacent to an activating group) is 1. The lowest BCUT2D eigenvalue weighted by atomic mass is 9.97. The molecule has 1 unspecified atom stereocenters. The highest BCUT2D eigenvalue weighted by Gasteiger charge is 2.37. The van der Waals surface area contributed by atoms with Gasteiger partial charge in [-0.15, -0.1) is 0 Å². The van der Waals surface area contributed by atoms with Crippen LogP contribution in [0, 0.1) is 10.1 Å². The normalized spacial score (nSPS) is 13.2. The molecule has 110 valence electrons. The van der Waals surface area contributed by atoms with Crippen molar-refractivity contribution in [3.63, 3.8) is 0 Å². The van der Waals surface area contributed by atoms with E-state index in [1.807, 2.05) is 13.8 Å². The zero-order chi connectivity index (χ0) is 15.5. The molecule has 0 bridgehead atoms. The molecule has 6 heteroatoms. The summed E-state index contributed by atoms with van der Waals surface area (Å²) in [6.07, 6.45) is 0. The number of nitrogens with zero attached hydrogens (tertiary/aromatic N) is 2. The third-order valence-electron chi connectivity index (χ3n) is 3.61. The van der Waals surface area contributed by atoms with Gasteiger partial charge in [0.05, 0.1) is 4.92 Å². The number of hydrogen-bond acceptors (Lipinski definition) is 4. The van der Waals surface area contributed by atoms with Gasteiger partial charge in [-0.3, -0.25) is 19.8 Å². The van der Waals surface area contributed by atoms with Crippen molar-refractivity contribution in [1.82, 2.24) is 4.90 Å². The molecule has 0 saturated carbocycles. The molecular weight excluding hydrogens is 260 g/mol. The number of carbonyl (C=O) groups is 1. The molecule has 0 spiro atoms. The van der Waals surface area contributed by atoms with E-state index in [-0.39, 0.29) is 11.7 Å². The minimum Gasteiger partial charge on any atom is -0.480 e. The van der Waals surface area contributed by atoms with Crippen molar-refractivity contribution in [2.75, 3.05) is 6.54 Å². The van der Waals surface area contributed by atoms with Gasteiger partial charge in [-0.25, -0.2) is 0 Å². The van der Waals surface area contributed by atoms with Crippen LogP contribution in [0.15, 0.2) is 24.3 Å². The average Bonchev–Trinajstić information content (AvgIpc) is 2.39. The summed E-state index contributed by atoms with van der Waals surface area (Å²) in [5.74, 6) is -0.920. The van der Waals surface area contributed by atoms with Gasteiger partial charge in [0, 0.05) is 18.2 Å². The fraction of sp³-hybridized carbons (Fsp3) is 0.500. The highest BCUT2D eigenvalue weighted by Crippen LogP contribution is 2.29. The lowest BCUT2D eigenvalue weighted by molar-refractivity contribution is -0.385. The van der Waals surface area contributed by atoms with Crippen LogP contribution >= 0.6 is 0 Å². The fourth-order valence-corrected chi connectivity index (χ4v) is 2.35. The molecule has 0 fully saturated rings. The molecule has 0 aromatic heterocycles. The zero-order valence-electron chi connectivity index (χ0n) is 12.2. The molecule has 0 radical (unpaired) electrons. The summed E-state index contributed by atoms with van der Waals surface area (Å²) in [4.78, 5) is 23.6. The summed E-state index contributed by atoms with van der Waals surface area (Å²) >= 11 is 0. The van der Waals surface area contributed by atoms with Gasteiger partial charge in [-0.05, 0) is 32.9 Å². The number of rotatable bonds is 6. The molecule has 0 amide bonds. The molecule has 1 rings (SSSR count). The number of carboxylic acids is 1. The maximum atomic E-state index is 11.4. The molecule has 0 aliphatic rings. The number of nitro benzene ring substituents is 1. The third kappa shape index (κ3) is 3.14. The predicted octanol–water partition coefficient (Wildman–Crippen LogP) is 2.84. The largest absolute Gasteiger partial charge is 0.480 e. The zero-order valence-corrected chi connectivity index (χ0v) is 12.2. The van der Waals surface area contributed by atoms with Crippen molar-refractivity contribution < 1.29 is 14.8 Å². The Morgan fingerprint density at radius 3 is 2.55 bits per heavy atom. The molecule has 1 atom stereocenters. The van der Waals surface area contributed by atoms with E-state index in [4.69, 9.17) is 0 Å². The van der Waals surface area contributed by atoms with Crippen LogP contribution in [-0.2, 0) is 4.79 Å². The maximum Gasteiger partial charge on any atom is 0.323 e. The van der Waals surface area contributed by atoms with Crippen molar-refractivity contribution >= 4 is 11.7 Å². The van der Waals surface area contributed by atoms with E-state index < -0.39 is 16.4 Å². The standard InChI is InChI=1S/C14H20N2O4/c1-5-15(14(3,4)13(17)18)10(2)11-7-6-8-12(9-11)16(19)20/h6-10H,5H2,1-4H3,(H,17,18). The van der Waals surface area contributed by atoms with Crippen LogP contribution in [0.2, 0.25) is 0 Å². The Balaban J connectivity index is 3.14. The first-order chi connectivity index (χ1) is 9.21. The van der Waals surface area contributed by atoms with E-state index in [9.17, 15) is 20.0 Å². The first kappa shape index (κ1) is 16.1. The molecule has 1 N–H and O–H groups in total. The van der Waals surface area contributed by atoms with E-state index in [1.165, 1.54) is 12.1 Å². The molecule has 6 nitrogen and oxygen atoms in total. The Morgan fingerprint density at radius 1 is 1.50 bits per heavy atom. The van der Waals surface area contributed by atoms with Crippen molar-refractivity contribution in [1.29, 1.82) is 0 Å². The number of hydrogen-bond donors (Lipinski definition) is 1. The monoisotopic (exact) mass is 280 g/mol. The molecule has 0 aliphatic carbocycles. The minimum atomic E-state index is -1.04. The summed E-state index contributed by atoms with van der Waals surface area (Å²) in [6, 6.07) is 6.08. The van der Waals surface area contributed by atoms with E-state index in [0.717, 1.165) is 5.56 Å². The molecule has 20 heavy (non-hydrogen) atoms. The smallest absolute Gasteiger partial charge is 0.323 e. The highest BCUT2D eigenvalue weighted by atomic mass is 16.6. The SMILES string of the molecule is CCN(C(C)c1cccc([N+](=O)[O-])c1)C(C)(C)C(=O)O. The Bertz CT molecular complexity index is 514. The molecular formula is C14H20N2O4. The summed E-state index contributed by atoms with van der Waals surface area (Å²) in [5, 5.41) is 20.1. The summed E-state index contributed by atoms with van der Waals surface area (Å²) in [6.45, 7) is 7.52. The highest BCUT2D eigenvalue weighted by molar-refractivity contribution is 5.77. The van der Waals surface area contributed by atoms with Crippen LogP contribution in [0.25, 0.3) is 0 Å². The van der Waals surface area contributed by atoms with Gasteiger partial charge in [-0.2, -0.15) is 0 Å². The number of aliphatic carboxylic acids is 1. The minimum absolute atomic E-state index is 0.0125. The lowest BCUT2D eigenvalue weighted by Crippen LogP contribution is -2.50. The molecule has 0 aliphatic heterocycles. The first-order valence-electron chi connectivity index (χ1n) is 6.46. The van der Waals surface area contributed by atoms with Crippen molar-refractivity contribution in [2.45, 2.75) is 39.3 Å². The summed E-state index contributed by atoms with van der Waals surface area (Å²) in [7, 11) is 0. The Hall–Kier alpha value is -1.95. The van der Waals surface area contributed by atoms with Crippen LogP contribution < -0.4 is 0 Å². The topological polar surface area (TPSA) is 83.7 Å². The van der Waals surface area contributed by atoms with Crippen LogP contribution in [0.1, 0.15) is 39.3 Å². The Morgan fingerprint density at radius 2 is 2.10 bits per heavy atom. The van der Waals surface area contributed by atoms with Crippen molar-refractivity contribution in [2.24, 2.45) is 0 Å². The van der Waals surface area contributed by atoms with Crippen molar-refractivity contribution in [3.8, 4) is 0 Å². The number of carboxylic acid groups (broad SMARTS) is 1. The Labute approximate surface area is 118 Å². The number of nitro groups is 1. The Kier molecular flexibility index (Phi) is 4.83. The predicted molar refractivity (Wildman–Crippen MR) is 75.6 cm³/mol. The number of non-ortho nitro benzene ring substituents is 1. The van der Waals surface area contributed by atoms with Crippen molar-refractivity contribution in [3.05, 3.63) is 39.9 Å². The second-order valence-corrected chi connectivity index (χ2v) is 5.18. The van der Waals surface area contributed by atoms with Crippen LogP contribution in [-0.4, -0.2) is 33.0 Å². The molecule has 0 saturated heterocycles. The average molecular weight is 280 g/mol. The van der Waals surface area contributed by atoms with Gasteiger partial charge in [-0.1, -0.05) is 19.1 Å². The van der Waals surface area contributed by atoms with Crippen LogP contribution in [0.4, 0.5) is 5.69 Å². The maximum absolute atomic E-state index is 11.4. The molecule has 0 heterocycles. The quantitative estimate of drug-likeness (QED) is 0.640. The van der Waals surface area contributed by atoms with Crippen LogP contribution in [0.5, 0.6) is 0 Å². The molecule has 1 aromatic rings. The van der Waals surface area contributed by atoms with Gasteiger partial charge in [0.2, 0.25) is 0 Å². The second kappa shape index (κ2) is 6.00. The van der Waals surface area contributed by atoms with Gasteiger partial charge in [0.25, 0.3) is 5.69 Å². The van der Waals surface area contributed by atoms with Gasteiger partial charge < -0.3 is 5.11 Å². The third-order valence-corrected chi connectivity index (χ3v) is 3.61. The lowest BCUT2D eigenvalue weighted by Gasteiger charge is -2.39. The van der Waals surface area contributed by atoms with Gasteiger partial charge >= 0.3 is 5.97 Å². The van der Waals surface area contributed by atoms with E-state index in [1.54, 1.807) is 30.9 Å². The van der Waals surface area contributed by atoms with Gasteiger partial charge in [0.15, 0.2) is 0 Å².